The molecular weight excluding hydrogens is 458 g/mol. The number of benzene rings is 3. The van der Waals surface area contributed by atoms with Crippen molar-refractivity contribution < 1.29 is 13.6 Å². The Bertz CT molecular complexity index is 1360. The highest BCUT2D eigenvalue weighted by Crippen LogP contribution is 2.35. The van der Waals surface area contributed by atoms with Gasteiger partial charge < -0.3 is 21.8 Å². The zero-order valence-electron chi connectivity index (χ0n) is 19.9. The van der Waals surface area contributed by atoms with E-state index in [1.807, 2.05) is 18.2 Å². The summed E-state index contributed by atoms with van der Waals surface area (Å²) in [5.74, 6) is -0.310. The molecule has 0 bridgehead atoms. The number of halogens is 2. The van der Waals surface area contributed by atoms with E-state index < -0.39 is 0 Å². The Labute approximate surface area is 208 Å². The number of hydrogen-bond donors (Lipinski definition) is 4. The van der Waals surface area contributed by atoms with Crippen LogP contribution in [0.2, 0.25) is 0 Å². The zero-order valence-corrected chi connectivity index (χ0v) is 19.9. The maximum absolute atomic E-state index is 13.6. The van der Waals surface area contributed by atoms with Gasteiger partial charge in [0.25, 0.3) is 5.91 Å². The second-order valence-corrected chi connectivity index (χ2v) is 9.70. The van der Waals surface area contributed by atoms with E-state index in [4.69, 9.17) is 11.5 Å². The van der Waals surface area contributed by atoms with Crippen LogP contribution >= 0.6 is 0 Å². The first-order chi connectivity index (χ1) is 17.4. The van der Waals surface area contributed by atoms with Gasteiger partial charge in [-0.05, 0) is 78.6 Å². The smallest absolute Gasteiger partial charge is 0.268 e. The number of amides is 1. The predicted octanol–water partition coefficient (Wildman–Crippen LogP) is 5.35. The lowest BCUT2D eigenvalue weighted by Gasteiger charge is -2.16. The van der Waals surface area contributed by atoms with Gasteiger partial charge in [-0.25, -0.2) is 8.78 Å². The summed E-state index contributed by atoms with van der Waals surface area (Å²) in [5, 5.41) is 3.78. The number of nitrogens with one attached hydrogen (secondary N) is 2. The number of fused-ring (bicyclic) bond motifs is 1. The highest BCUT2D eigenvalue weighted by molar-refractivity contribution is 6.10. The van der Waals surface area contributed by atoms with E-state index in [0.717, 1.165) is 40.4 Å². The van der Waals surface area contributed by atoms with Crippen LogP contribution in [0.5, 0.6) is 0 Å². The molecular formula is C29H30F2N4O. The van der Waals surface area contributed by atoms with Crippen LogP contribution in [0, 0.1) is 17.6 Å². The molecule has 3 aromatic carbocycles. The summed E-state index contributed by atoms with van der Waals surface area (Å²) in [4.78, 5) is 16.5. The molecule has 186 valence electrons. The van der Waals surface area contributed by atoms with E-state index in [9.17, 15) is 13.6 Å². The molecule has 1 saturated carbocycles. The minimum absolute atomic E-state index is 0.181. The maximum atomic E-state index is 13.6. The third kappa shape index (κ3) is 5.32. The lowest BCUT2D eigenvalue weighted by molar-refractivity contribution is 0.0947. The summed E-state index contributed by atoms with van der Waals surface area (Å²) in [6, 6.07) is 18.1. The SMILES string of the molecule is NC(CCC(N)C1CC1)CNC(=O)c1[nH]c2cc(-c3ccc(F)cc3)ccc2c1-c1ccc(F)cc1. The third-order valence-corrected chi connectivity index (χ3v) is 6.96. The van der Waals surface area contributed by atoms with Gasteiger partial charge in [0, 0.05) is 35.1 Å². The van der Waals surface area contributed by atoms with Gasteiger partial charge in [-0.2, -0.15) is 0 Å². The van der Waals surface area contributed by atoms with Gasteiger partial charge in [0.05, 0.1) is 0 Å². The van der Waals surface area contributed by atoms with Gasteiger partial charge in [0.2, 0.25) is 0 Å². The summed E-state index contributed by atoms with van der Waals surface area (Å²) in [5.41, 5.74) is 16.7. The quantitative estimate of drug-likeness (QED) is 0.256. The first kappa shape index (κ1) is 24.2. The van der Waals surface area contributed by atoms with Crippen molar-refractivity contribution in [2.45, 2.75) is 37.8 Å². The topological polar surface area (TPSA) is 96.9 Å². The minimum Gasteiger partial charge on any atom is -0.350 e. The average molecular weight is 489 g/mol. The third-order valence-electron chi connectivity index (χ3n) is 6.96. The van der Waals surface area contributed by atoms with Crippen LogP contribution in [0.3, 0.4) is 0 Å². The Hall–Kier alpha value is -3.55. The molecule has 6 N–H and O–H groups in total. The average Bonchev–Trinajstić information content (AvgIpc) is 3.67. The predicted molar refractivity (Wildman–Crippen MR) is 139 cm³/mol. The molecule has 5 rings (SSSR count). The van der Waals surface area contributed by atoms with Gasteiger partial charge in [0.1, 0.15) is 17.3 Å². The second-order valence-electron chi connectivity index (χ2n) is 9.70. The fraction of sp³-hybridized carbons (Fsp3) is 0.276. The van der Waals surface area contributed by atoms with Crippen molar-refractivity contribution in [3.63, 3.8) is 0 Å². The van der Waals surface area contributed by atoms with Crippen LogP contribution in [0.4, 0.5) is 8.78 Å². The molecule has 36 heavy (non-hydrogen) atoms. The lowest BCUT2D eigenvalue weighted by Crippen LogP contribution is -2.38. The van der Waals surface area contributed by atoms with Crippen LogP contribution in [-0.2, 0) is 0 Å². The largest absolute Gasteiger partial charge is 0.350 e. The molecule has 1 fully saturated rings. The minimum atomic E-state index is -0.349. The van der Waals surface area contributed by atoms with Crippen LogP contribution < -0.4 is 16.8 Å². The molecule has 0 spiro atoms. The van der Waals surface area contributed by atoms with Crippen molar-refractivity contribution in [1.29, 1.82) is 0 Å². The number of H-pyrrole nitrogens is 1. The van der Waals surface area contributed by atoms with Crippen molar-refractivity contribution in [3.05, 3.63) is 84.1 Å². The van der Waals surface area contributed by atoms with E-state index in [1.54, 1.807) is 24.3 Å². The zero-order chi connectivity index (χ0) is 25.2. The molecule has 0 saturated heterocycles. The Morgan fingerprint density at radius 3 is 2.14 bits per heavy atom. The molecule has 1 aromatic heterocycles. The van der Waals surface area contributed by atoms with Crippen LogP contribution in [0.1, 0.15) is 36.2 Å². The Morgan fingerprint density at radius 2 is 1.50 bits per heavy atom. The molecule has 2 atom stereocenters. The lowest BCUT2D eigenvalue weighted by atomic mass is 9.99. The standard InChI is InChI=1S/C29H30F2N4O/c30-21-8-3-17(4-9-21)20-7-13-24-26(15-20)35-28(27(24)19-5-10-22(31)11-6-19)29(36)34-16-23(32)12-14-25(33)18-1-2-18/h3-11,13,15,18,23,25,35H,1-2,12,14,16,32-33H2,(H,34,36). The van der Waals surface area contributed by atoms with Crippen LogP contribution in [0.15, 0.2) is 66.7 Å². The highest BCUT2D eigenvalue weighted by atomic mass is 19.1. The molecule has 0 radical (unpaired) electrons. The summed E-state index contributed by atoms with van der Waals surface area (Å²) in [6.07, 6.45) is 3.99. The van der Waals surface area contributed by atoms with E-state index in [-0.39, 0.29) is 29.6 Å². The number of carbonyl (C=O) groups excluding carboxylic acids is 1. The molecule has 1 amide bonds. The van der Waals surface area contributed by atoms with Crippen LogP contribution in [0.25, 0.3) is 33.2 Å². The van der Waals surface area contributed by atoms with E-state index in [1.165, 1.54) is 37.1 Å². The molecule has 1 heterocycles. The van der Waals surface area contributed by atoms with Crippen molar-refractivity contribution in [3.8, 4) is 22.3 Å². The number of aromatic nitrogens is 1. The highest BCUT2D eigenvalue weighted by Gasteiger charge is 2.28. The van der Waals surface area contributed by atoms with E-state index in [2.05, 4.69) is 10.3 Å². The Balaban J connectivity index is 1.42. The molecule has 2 unspecified atom stereocenters. The Kier molecular flexibility index (Phi) is 6.85. The van der Waals surface area contributed by atoms with Gasteiger partial charge >= 0.3 is 0 Å². The van der Waals surface area contributed by atoms with Gasteiger partial charge in [0.15, 0.2) is 0 Å². The van der Waals surface area contributed by atoms with Crippen molar-refractivity contribution >= 4 is 16.8 Å². The van der Waals surface area contributed by atoms with Crippen molar-refractivity contribution in [2.75, 3.05) is 6.54 Å². The number of carbonyl (C=O) groups is 1. The molecule has 1 aliphatic carbocycles. The first-order valence-corrected chi connectivity index (χ1v) is 12.4. The summed E-state index contributed by atoms with van der Waals surface area (Å²) in [6.45, 7) is 0.329. The van der Waals surface area contributed by atoms with E-state index >= 15 is 0 Å². The fourth-order valence-electron chi connectivity index (χ4n) is 4.69. The summed E-state index contributed by atoms with van der Waals surface area (Å²) < 4.78 is 27.0. The Morgan fingerprint density at radius 1 is 0.889 bits per heavy atom. The number of aromatic amines is 1. The normalized spacial score (nSPS) is 15.1. The first-order valence-electron chi connectivity index (χ1n) is 12.4. The summed E-state index contributed by atoms with van der Waals surface area (Å²) in [7, 11) is 0. The van der Waals surface area contributed by atoms with E-state index in [0.29, 0.717) is 23.7 Å². The fourth-order valence-corrected chi connectivity index (χ4v) is 4.69. The molecule has 7 heteroatoms. The van der Waals surface area contributed by atoms with Crippen molar-refractivity contribution in [2.24, 2.45) is 17.4 Å². The van der Waals surface area contributed by atoms with Crippen molar-refractivity contribution in [1.82, 2.24) is 10.3 Å². The molecule has 1 aliphatic rings. The van der Waals surface area contributed by atoms with Gasteiger partial charge in [-0.15, -0.1) is 0 Å². The van der Waals surface area contributed by atoms with Gasteiger partial charge in [-0.3, -0.25) is 4.79 Å². The molecule has 0 aliphatic heterocycles. The monoisotopic (exact) mass is 488 g/mol. The second kappa shape index (κ2) is 10.2. The van der Waals surface area contributed by atoms with Gasteiger partial charge in [-0.1, -0.05) is 36.4 Å². The number of rotatable bonds is 9. The molecule has 5 nitrogen and oxygen atoms in total. The number of hydrogen-bond acceptors (Lipinski definition) is 3. The summed E-state index contributed by atoms with van der Waals surface area (Å²) >= 11 is 0. The van der Waals surface area contributed by atoms with Crippen LogP contribution in [-0.4, -0.2) is 29.5 Å². The maximum Gasteiger partial charge on any atom is 0.268 e. The molecule has 4 aromatic rings. The number of nitrogens with two attached hydrogens (primary N) is 2.